The Bertz CT molecular complexity index is 341. The van der Waals surface area contributed by atoms with Crippen LogP contribution >= 0.6 is 0 Å². The van der Waals surface area contributed by atoms with Crippen molar-refractivity contribution in [2.45, 2.75) is 38.2 Å². The first-order chi connectivity index (χ1) is 8.11. The van der Waals surface area contributed by atoms with Crippen molar-refractivity contribution < 1.29 is 5.11 Å². The molecule has 17 heavy (non-hydrogen) atoms. The zero-order valence-electron chi connectivity index (χ0n) is 10.8. The van der Waals surface area contributed by atoms with Crippen LogP contribution in [0.2, 0.25) is 0 Å². The smallest absolute Gasteiger partial charge is 0.0789 e. The molecule has 2 atom stereocenters. The Balaban J connectivity index is 2.13. The second kappa shape index (κ2) is 5.19. The number of aliphatic hydroxyl groups is 1. The van der Waals surface area contributed by atoms with E-state index in [-0.39, 0.29) is 0 Å². The second-order valence-corrected chi connectivity index (χ2v) is 5.62. The predicted molar refractivity (Wildman–Crippen MR) is 71.1 cm³/mol. The van der Waals surface area contributed by atoms with Crippen molar-refractivity contribution in [2.75, 3.05) is 13.1 Å². The van der Waals surface area contributed by atoms with Crippen molar-refractivity contribution >= 4 is 0 Å². The van der Waals surface area contributed by atoms with E-state index in [4.69, 9.17) is 0 Å². The summed E-state index contributed by atoms with van der Waals surface area (Å²) in [4.78, 5) is 0. The fourth-order valence-corrected chi connectivity index (χ4v) is 2.75. The average Bonchev–Trinajstić information content (AvgIpc) is 2.74. The molecule has 94 valence electrons. The molecule has 2 unspecified atom stereocenters. The molecule has 1 aliphatic rings. The highest BCUT2D eigenvalue weighted by Crippen LogP contribution is 2.34. The van der Waals surface area contributed by atoms with Gasteiger partial charge in [-0.25, -0.2) is 0 Å². The van der Waals surface area contributed by atoms with E-state index in [1.807, 2.05) is 6.07 Å². The standard InChI is InChI=1S/C15H23NO/c1-12(2)14(13-6-4-3-5-7-13)10-15(17)8-9-16-11-15/h3-7,12,14,16-17H,8-11H2,1-2H3. The Morgan fingerprint density at radius 1 is 1.29 bits per heavy atom. The van der Waals surface area contributed by atoms with Crippen LogP contribution < -0.4 is 5.32 Å². The van der Waals surface area contributed by atoms with Gasteiger partial charge >= 0.3 is 0 Å². The van der Waals surface area contributed by atoms with Crippen molar-refractivity contribution in [3.8, 4) is 0 Å². The summed E-state index contributed by atoms with van der Waals surface area (Å²) in [7, 11) is 0. The number of β-amino-alcohol motifs (C(OH)–C–C–N with tert-alkyl or cyclic N) is 1. The highest BCUT2D eigenvalue weighted by molar-refractivity contribution is 5.21. The molecule has 2 nitrogen and oxygen atoms in total. The maximum Gasteiger partial charge on any atom is 0.0789 e. The van der Waals surface area contributed by atoms with Gasteiger partial charge in [0.05, 0.1) is 5.60 Å². The van der Waals surface area contributed by atoms with Gasteiger partial charge in [-0.2, -0.15) is 0 Å². The molecule has 1 heterocycles. The van der Waals surface area contributed by atoms with Gasteiger partial charge in [0.1, 0.15) is 0 Å². The van der Waals surface area contributed by atoms with Gasteiger partial charge in [0.2, 0.25) is 0 Å². The van der Waals surface area contributed by atoms with E-state index >= 15 is 0 Å². The first-order valence-electron chi connectivity index (χ1n) is 6.59. The Kier molecular flexibility index (Phi) is 3.85. The number of rotatable bonds is 4. The summed E-state index contributed by atoms with van der Waals surface area (Å²) in [6, 6.07) is 10.6. The lowest BCUT2D eigenvalue weighted by Gasteiger charge is -2.30. The van der Waals surface area contributed by atoms with Crippen LogP contribution in [0.25, 0.3) is 0 Å². The third kappa shape index (κ3) is 3.08. The van der Waals surface area contributed by atoms with Crippen molar-refractivity contribution in [3.05, 3.63) is 35.9 Å². The van der Waals surface area contributed by atoms with Gasteiger partial charge in [0.25, 0.3) is 0 Å². The van der Waals surface area contributed by atoms with E-state index < -0.39 is 5.60 Å². The molecule has 0 aromatic heterocycles. The fraction of sp³-hybridized carbons (Fsp3) is 0.600. The van der Waals surface area contributed by atoms with Crippen molar-refractivity contribution in [1.82, 2.24) is 5.32 Å². The lowest BCUT2D eigenvalue weighted by molar-refractivity contribution is 0.0397. The molecule has 0 saturated carbocycles. The summed E-state index contributed by atoms with van der Waals surface area (Å²) >= 11 is 0. The number of hydrogen-bond acceptors (Lipinski definition) is 2. The average molecular weight is 233 g/mol. The highest BCUT2D eigenvalue weighted by Gasteiger charge is 2.34. The van der Waals surface area contributed by atoms with Gasteiger partial charge in [-0.15, -0.1) is 0 Å². The summed E-state index contributed by atoms with van der Waals surface area (Å²) in [6.45, 7) is 6.16. The highest BCUT2D eigenvalue weighted by atomic mass is 16.3. The lowest BCUT2D eigenvalue weighted by Crippen LogP contribution is -2.34. The Labute approximate surface area is 104 Å². The number of nitrogens with one attached hydrogen (secondary N) is 1. The van der Waals surface area contributed by atoms with Gasteiger partial charge < -0.3 is 10.4 Å². The predicted octanol–water partition coefficient (Wildman–Crippen LogP) is 2.54. The Hall–Kier alpha value is -0.860. The van der Waals surface area contributed by atoms with Crippen LogP contribution in [-0.4, -0.2) is 23.8 Å². The molecule has 1 saturated heterocycles. The zero-order valence-corrected chi connectivity index (χ0v) is 10.8. The van der Waals surface area contributed by atoms with Crippen LogP contribution in [0.15, 0.2) is 30.3 Å². The molecule has 2 heteroatoms. The minimum absolute atomic E-state index is 0.445. The molecule has 1 aromatic rings. The molecule has 2 N–H and O–H groups in total. The Morgan fingerprint density at radius 3 is 2.53 bits per heavy atom. The molecule has 1 aromatic carbocycles. The van der Waals surface area contributed by atoms with Crippen LogP contribution in [0, 0.1) is 5.92 Å². The summed E-state index contributed by atoms with van der Waals surface area (Å²) in [5.74, 6) is 1.00. The maximum atomic E-state index is 10.5. The molecule has 1 aliphatic heterocycles. The van der Waals surface area contributed by atoms with Crippen LogP contribution in [-0.2, 0) is 0 Å². The maximum absolute atomic E-state index is 10.5. The van der Waals surface area contributed by atoms with E-state index in [1.165, 1.54) is 5.56 Å². The first-order valence-corrected chi connectivity index (χ1v) is 6.59. The van der Waals surface area contributed by atoms with E-state index in [1.54, 1.807) is 0 Å². The molecular formula is C15H23NO. The van der Waals surface area contributed by atoms with Gasteiger partial charge in [0, 0.05) is 6.54 Å². The number of hydrogen-bond donors (Lipinski definition) is 2. The van der Waals surface area contributed by atoms with E-state index in [0.29, 0.717) is 11.8 Å². The summed E-state index contributed by atoms with van der Waals surface area (Å²) in [5.41, 5.74) is 0.841. The zero-order chi connectivity index (χ0) is 12.3. The fourth-order valence-electron chi connectivity index (χ4n) is 2.75. The quantitative estimate of drug-likeness (QED) is 0.837. The van der Waals surface area contributed by atoms with Crippen LogP contribution in [0.3, 0.4) is 0 Å². The molecule has 0 amide bonds. The molecule has 2 rings (SSSR count). The Morgan fingerprint density at radius 2 is 2.00 bits per heavy atom. The topological polar surface area (TPSA) is 32.3 Å². The van der Waals surface area contributed by atoms with E-state index in [0.717, 1.165) is 25.9 Å². The van der Waals surface area contributed by atoms with Gasteiger partial charge in [0.15, 0.2) is 0 Å². The molecule has 0 bridgehead atoms. The summed E-state index contributed by atoms with van der Waals surface area (Å²) < 4.78 is 0. The molecule has 0 radical (unpaired) electrons. The molecule has 1 fully saturated rings. The van der Waals surface area contributed by atoms with Gasteiger partial charge in [-0.05, 0) is 36.8 Å². The molecule has 0 spiro atoms. The first kappa shape index (κ1) is 12.6. The van der Waals surface area contributed by atoms with Crippen LogP contribution in [0.5, 0.6) is 0 Å². The second-order valence-electron chi connectivity index (χ2n) is 5.62. The minimum Gasteiger partial charge on any atom is -0.388 e. The van der Waals surface area contributed by atoms with Gasteiger partial charge in [-0.1, -0.05) is 44.2 Å². The monoisotopic (exact) mass is 233 g/mol. The summed E-state index contributed by atoms with van der Waals surface area (Å²) in [6.07, 6.45) is 1.74. The summed E-state index contributed by atoms with van der Waals surface area (Å²) in [5, 5.41) is 13.8. The van der Waals surface area contributed by atoms with Crippen LogP contribution in [0.1, 0.15) is 38.2 Å². The van der Waals surface area contributed by atoms with Gasteiger partial charge in [-0.3, -0.25) is 0 Å². The molecule has 0 aliphatic carbocycles. The van der Waals surface area contributed by atoms with Crippen LogP contribution in [0.4, 0.5) is 0 Å². The minimum atomic E-state index is -0.509. The SMILES string of the molecule is CC(C)C(CC1(O)CCNC1)c1ccccc1. The third-order valence-electron chi connectivity index (χ3n) is 3.85. The third-order valence-corrected chi connectivity index (χ3v) is 3.85. The van der Waals surface area contributed by atoms with Crippen molar-refractivity contribution in [3.63, 3.8) is 0 Å². The van der Waals surface area contributed by atoms with E-state index in [2.05, 4.69) is 43.4 Å². The van der Waals surface area contributed by atoms with Crippen molar-refractivity contribution in [2.24, 2.45) is 5.92 Å². The van der Waals surface area contributed by atoms with Crippen molar-refractivity contribution in [1.29, 1.82) is 0 Å². The number of benzene rings is 1. The lowest BCUT2D eigenvalue weighted by atomic mass is 9.79. The molecular weight excluding hydrogens is 210 g/mol. The normalized spacial score (nSPS) is 26.4. The largest absolute Gasteiger partial charge is 0.388 e. The van der Waals surface area contributed by atoms with E-state index in [9.17, 15) is 5.11 Å².